The number of ether oxygens (including phenoxy) is 1. The van der Waals surface area contributed by atoms with Crippen LogP contribution in [0.2, 0.25) is 0 Å². The highest BCUT2D eigenvalue weighted by atomic mass is 19.2. The normalized spacial score (nSPS) is 14.5. The van der Waals surface area contributed by atoms with Crippen LogP contribution in [-0.2, 0) is 16.4 Å². The van der Waals surface area contributed by atoms with Crippen molar-refractivity contribution in [3.63, 3.8) is 0 Å². The highest BCUT2D eigenvalue weighted by Gasteiger charge is 2.52. The first-order valence-electron chi connectivity index (χ1n) is 10.4. The number of hydrogen-bond donors (Lipinski definition) is 0. The maximum atomic E-state index is 17.1. The topological polar surface area (TPSA) is 95.5 Å². The summed E-state index contributed by atoms with van der Waals surface area (Å²) in [7, 11) is 0. The number of rotatable bonds is 8. The molecule has 0 aliphatic rings. The Morgan fingerprint density at radius 3 is 1.20 bits per heavy atom. The Morgan fingerprint density at radius 1 is 0.543 bits per heavy atom. The van der Waals surface area contributed by atoms with Crippen LogP contribution in [0.15, 0.2) is 109 Å². The first kappa shape index (κ1) is 23.7. The van der Waals surface area contributed by atoms with E-state index in [0.29, 0.717) is 0 Å². The minimum Gasteiger partial charge on any atom is -0.292 e. The zero-order valence-corrected chi connectivity index (χ0v) is 18.1. The van der Waals surface area contributed by atoms with E-state index < -0.39 is 44.1 Å². The average molecular weight is 476 g/mol. The first-order valence-corrected chi connectivity index (χ1v) is 10.4. The van der Waals surface area contributed by atoms with Gasteiger partial charge in [-0.25, -0.2) is 8.78 Å². The largest absolute Gasteiger partial charge is 0.292 e. The second-order valence-electron chi connectivity index (χ2n) is 7.57. The Kier molecular flexibility index (Phi) is 6.35. The third-order valence-electron chi connectivity index (χ3n) is 5.47. The highest BCUT2D eigenvalue weighted by molar-refractivity contribution is 5.50. The molecule has 0 saturated heterocycles. The van der Waals surface area contributed by atoms with E-state index >= 15 is 8.78 Å². The molecule has 0 aliphatic carbocycles. The van der Waals surface area contributed by atoms with Crippen molar-refractivity contribution >= 4 is 11.4 Å². The van der Waals surface area contributed by atoms with Crippen LogP contribution >= 0.6 is 0 Å². The zero-order valence-electron chi connectivity index (χ0n) is 18.1. The molecular weight excluding hydrogens is 458 g/mol. The summed E-state index contributed by atoms with van der Waals surface area (Å²) in [5.74, 6) is -6.42. The molecule has 2 unspecified atom stereocenters. The predicted octanol–water partition coefficient (Wildman–Crippen LogP) is 6.56. The third-order valence-corrected chi connectivity index (χ3v) is 5.47. The fourth-order valence-corrected chi connectivity index (χ4v) is 3.85. The van der Waals surface area contributed by atoms with E-state index in [0.717, 1.165) is 24.3 Å². The van der Waals surface area contributed by atoms with Gasteiger partial charge in [-0.1, -0.05) is 84.9 Å². The molecule has 0 bridgehead atoms. The van der Waals surface area contributed by atoms with E-state index in [1.807, 2.05) is 0 Å². The maximum Gasteiger partial charge on any atom is 0.278 e. The molecule has 0 heterocycles. The van der Waals surface area contributed by atoms with Crippen molar-refractivity contribution in [2.75, 3.05) is 0 Å². The summed E-state index contributed by atoms with van der Waals surface area (Å²) in [5, 5.41) is 23.5. The molecule has 0 radical (unpaired) electrons. The van der Waals surface area contributed by atoms with Gasteiger partial charge in [-0.3, -0.25) is 25.0 Å². The molecule has 176 valence electrons. The fourth-order valence-electron chi connectivity index (χ4n) is 3.85. The van der Waals surface area contributed by atoms with Crippen LogP contribution in [0, 0.1) is 20.2 Å². The predicted molar refractivity (Wildman–Crippen MR) is 124 cm³/mol. The lowest BCUT2D eigenvalue weighted by Crippen LogP contribution is -2.38. The van der Waals surface area contributed by atoms with Crippen molar-refractivity contribution in [3.8, 4) is 0 Å². The molecule has 0 N–H and O–H groups in total. The quantitative estimate of drug-likeness (QED) is 0.212. The molecule has 0 fully saturated rings. The molecule has 4 aromatic rings. The van der Waals surface area contributed by atoms with E-state index in [1.54, 1.807) is 12.1 Å². The second kappa shape index (κ2) is 9.40. The van der Waals surface area contributed by atoms with Crippen LogP contribution in [0.5, 0.6) is 0 Å². The molecule has 2 atom stereocenters. The van der Waals surface area contributed by atoms with Crippen LogP contribution in [0.3, 0.4) is 0 Å². The van der Waals surface area contributed by atoms with Gasteiger partial charge in [0, 0.05) is 23.3 Å². The number of hydrogen-bond acceptors (Lipinski definition) is 5. The summed E-state index contributed by atoms with van der Waals surface area (Å²) < 4.78 is 39.9. The third kappa shape index (κ3) is 4.36. The number of nitro benzene ring substituents is 2. The van der Waals surface area contributed by atoms with Gasteiger partial charge in [0.05, 0.1) is 21.0 Å². The van der Waals surface area contributed by atoms with Crippen molar-refractivity contribution < 1.29 is 23.4 Å². The summed E-state index contributed by atoms with van der Waals surface area (Å²) in [6.45, 7) is 0. The van der Waals surface area contributed by atoms with Crippen LogP contribution in [0.1, 0.15) is 22.3 Å². The second-order valence-corrected chi connectivity index (χ2v) is 7.57. The van der Waals surface area contributed by atoms with E-state index in [2.05, 4.69) is 0 Å². The van der Waals surface area contributed by atoms with Crippen molar-refractivity contribution in [2.24, 2.45) is 0 Å². The van der Waals surface area contributed by atoms with Gasteiger partial charge >= 0.3 is 0 Å². The minimum absolute atomic E-state index is 0.231. The van der Waals surface area contributed by atoms with Gasteiger partial charge < -0.3 is 0 Å². The molecule has 0 aromatic heterocycles. The van der Waals surface area contributed by atoms with Gasteiger partial charge in [0.15, 0.2) is 0 Å². The number of nitrogens with zero attached hydrogens (tertiary/aromatic N) is 2. The van der Waals surface area contributed by atoms with Crippen molar-refractivity contribution in [1.82, 2.24) is 0 Å². The summed E-state index contributed by atoms with van der Waals surface area (Å²) >= 11 is 0. The minimum atomic E-state index is -3.21. The summed E-state index contributed by atoms with van der Waals surface area (Å²) in [6.07, 6.45) is 0. The Labute approximate surface area is 198 Å². The SMILES string of the molecule is O=[N+]([O-])c1ccccc1C(F)(OC(F)(c1ccccc1)c1ccccc1[N+](=O)[O-])c1ccccc1. The van der Waals surface area contributed by atoms with Gasteiger partial charge in [-0.05, 0) is 12.1 Å². The molecule has 35 heavy (non-hydrogen) atoms. The molecule has 4 aromatic carbocycles. The molecule has 0 aliphatic heterocycles. The molecule has 0 saturated carbocycles. The van der Waals surface area contributed by atoms with Gasteiger partial charge in [-0.15, -0.1) is 0 Å². The molecular formula is C26H18F2N2O5. The van der Waals surface area contributed by atoms with Crippen LogP contribution in [-0.4, -0.2) is 9.85 Å². The van der Waals surface area contributed by atoms with Gasteiger partial charge in [-0.2, -0.15) is 0 Å². The average Bonchev–Trinajstić information content (AvgIpc) is 2.89. The Bertz CT molecular complexity index is 1270. The molecule has 9 heteroatoms. The van der Waals surface area contributed by atoms with E-state index in [1.165, 1.54) is 72.8 Å². The first-order chi connectivity index (χ1) is 16.8. The standard InChI is InChI=1S/C26H18F2N2O5/c27-25(19-11-3-1-4-12-19,21-15-7-9-17-23(21)29(31)32)35-26(28,20-13-5-2-6-14-20)22-16-8-10-18-24(22)30(33)34/h1-18H. The van der Waals surface area contributed by atoms with Crippen LogP contribution < -0.4 is 0 Å². The number of halogens is 2. The van der Waals surface area contributed by atoms with E-state index in [9.17, 15) is 20.2 Å². The Hall–Kier alpha value is -4.50. The van der Waals surface area contributed by atoms with E-state index in [4.69, 9.17) is 4.74 Å². The lowest BCUT2D eigenvalue weighted by Gasteiger charge is -2.35. The highest BCUT2D eigenvalue weighted by Crippen LogP contribution is 2.50. The number of alkyl halides is 2. The number of nitro groups is 2. The van der Waals surface area contributed by atoms with Crippen LogP contribution in [0.4, 0.5) is 20.2 Å². The van der Waals surface area contributed by atoms with Gasteiger partial charge in [0.1, 0.15) is 0 Å². The molecule has 0 spiro atoms. The van der Waals surface area contributed by atoms with Crippen molar-refractivity contribution in [2.45, 2.75) is 11.7 Å². The van der Waals surface area contributed by atoms with Crippen molar-refractivity contribution in [1.29, 1.82) is 0 Å². The maximum absolute atomic E-state index is 17.1. The molecule has 7 nitrogen and oxygen atoms in total. The monoisotopic (exact) mass is 476 g/mol. The number of para-hydroxylation sites is 2. The van der Waals surface area contributed by atoms with Crippen molar-refractivity contribution in [3.05, 3.63) is 152 Å². The Morgan fingerprint density at radius 2 is 0.857 bits per heavy atom. The number of benzene rings is 4. The zero-order chi connectivity index (χ0) is 25.1. The lowest BCUT2D eigenvalue weighted by molar-refractivity contribution is -0.390. The lowest BCUT2D eigenvalue weighted by atomic mass is 9.93. The molecule has 4 rings (SSSR count). The van der Waals surface area contributed by atoms with Gasteiger partial charge in [0.25, 0.3) is 23.1 Å². The fraction of sp³-hybridized carbons (Fsp3) is 0.0769. The summed E-state index contributed by atoms with van der Waals surface area (Å²) in [6, 6.07) is 24.0. The Balaban J connectivity index is 2.03. The summed E-state index contributed by atoms with van der Waals surface area (Å²) in [4.78, 5) is 21.9. The summed E-state index contributed by atoms with van der Waals surface area (Å²) in [5.41, 5.74) is -2.87. The smallest absolute Gasteiger partial charge is 0.278 e. The molecule has 0 amide bonds. The van der Waals surface area contributed by atoms with Crippen LogP contribution in [0.25, 0.3) is 0 Å². The van der Waals surface area contributed by atoms with E-state index in [-0.39, 0.29) is 11.1 Å². The van der Waals surface area contributed by atoms with Gasteiger partial charge in [0.2, 0.25) is 0 Å².